The van der Waals surface area contributed by atoms with E-state index in [2.05, 4.69) is 30.2 Å². The van der Waals surface area contributed by atoms with Gasteiger partial charge in [-0.3, -0.25) is 14.6 Å². The van der Waals surface area contributed by atoms with Crippen molar-refractivity contribution in [3.05, 3.63) is 88.7 Å². The summed E-state index contributed by atoms with van der Waals surface area (Å²) in [5.41, 5.74) is 2.04. The van der Waals surface area contributed by atoms with E-state index in [0.717, 1.165) is 6.20 Å². The third-order valence-electron chi connectivity index (χ3n) is 4.09. The lowest BCUT2D eigenvalue weighted by atomic mass is 10.1. The summed E-state index contributed by atoms with van der Waals surface area (Å²) in [7, 11) is 0. The Morgan fingerprint density at radius 3 is 2.76 bits per heavy atom. The molecule has 8 nitrogen and oxygen atoms in total. The van der Waals surface area contributed by atoms with Gasteiger partial charge in [0.2, 0.25) is 0 Å². The number of pyridine rings is 1. The zero-order valence-corrected chi connectivity index (χ0v) is 15.0. The Morgan fingerprint density at radius 1 is 1.14 bits per heavy atom. The van der Waals surface area contributed by atoms with Crippen molar-refractivity contribution in [2.75, 3.05) is 0 Å². The van der Waals surface area contributed by atoms with Crippen LogP contribution >= 0.6 is 0 Å². The molecule has 0 unspecified atom stereocenters. The van der Waals surface area contributed by atoms with Crippen molar-refractivity contribution >= 4 is 5.91 Å². The lowest BCUT2D eigenvalue weighted by Gasteiger charge is -2.02. The minimum atomic E-state index is -0.468. The minimum Gasteiger partial charge on any atom is -0.343 e. The number of benzene rings is 1. The summed E-state index contributed by atoms with van der Waals surface area (Å²) in [5, 5.41) is 2.68. The topological polar surface area (TPSA) is 116 Å². The zero-order chi connectivity index (χ0) is 20.2. The van der Waals surface area contributed by atoms with Gasteiger partial charge in [-0.15, -0.1) is 0 Å². The Labute approximate surface area is 163 Å². The normalized spacial score (nSPS) is 10.7. The summed E-state index contributed by atoms with van der Waals surface area (Å²) in [6.07, 6.45) is 3.91. The number of rotatable bonds is 5. The first kappa shape index (κ1) is 18.2. The first-order valence-electron chi connectivity index (χ1n) is 8.69. The maximum atomic E-state index is 13.7. The Hall–Kier alpha value is -4.14. The van der Waals surface area contributed by atoms with E-state index in [4.69, 9.17) is 0 Å². The van der Waals surface area contributed by atoms with Crippen molar-refractivity contribution in [1.29, 1.82) is 0 Å². The van der Waals surface area contributed by atoms with Crippen molar-refractivity contribution in [3.8, 4) is 22.6 Å². The molecule has 0 fully saturated rings. The van der Waals surface area contributed by atoms with Crippen LogP contribution in [-0.4, -0.2) is 30.8 Å². The van der Waals surface area contributed by atoms with Gasteiger partial charge in [-0.2, -0.15) is 0 Å². The highest BCUT2D eigenvalue weighted by Gasteiger charge is 2.16. The number of aromatic amines is 2. The fraction of sp³-hybridized carbons (Fsp3) is 0.0500. The Morgan fingerprint density at radius 2 is 2.03 bits per heavy atom. The van der Waals surface area contributed by atoms with Gasteiger partial charge in [0.1, 0.15) is 17.3 Å². The standard InChI is InChI=1S/C20H15FN6O2/c21-13-5-3-4-12(8-13)18-19(14-6-1-2-7-22-14)27-16(26-18)10-25-20(29)15-9-24-17(28)11-23-15/h1-9,11H,10H2,(H,24,28)(H,25,29)(H,26,27). The molecule has 29 heavy (non-hydrogen) atoms. The van der Waals surface area contributed by atoms with Gasteiger partial charge in [0.25, 0.3) is 11.5 Å². The van der Waals surface area contributed by atoms with E-state index in [1.165, 1.54) is 18.3 Å². The molecule has 0 radical (unpaired) electrons. The van der Waals surface area contributed by atoms with E-state index >= 15 is 0 Å². The molecule has 0 saturated carbocycles. The molecular weight excluding hydrogens is 375 g/mol. The van der Waals surface area contributed by atoms with E-state index in [-0.39, 0.29) is 18.1 Å². The van der Waals surface area contributed by atoms with Crippen LogP contribution in [0, 0.1) is 5.82 Å². The van der Waals surface area contributed by atoms with E-state index in [1.807, 2.05) is 12.1 Å². The van der Waals surface area contributed by atoms with Crippen LogP contribution in [0.2, 0.25) is 0 Å². The van der Waals surface area contributed by atoms with Crippen LogP contribution in [0.3, 0.4) is 0 Å². The predicted molar refractivity (Wildman–Crippen MR) is 103 cm³/mol. The second-order valence-corrected chi connectivity index (χ2v) is 6.11. The SMILES string of the molecule is O=C(NCc1nc(-c2cccc(F)c2)c(-c2ccccn2)[nH]1)c1c[nH]c(=O)cn1. The molecule has 0 saturated heterocycles. The number of nitrogens with one attached hydrogen (secondary N) is 3. The van der Waals surface area contributed by atoms with Gasteiger partial charge >= 0.3 is 0 Å². The average molecular weight is 390 g/mol. The number of carbonyl (C=O) groups is 1. The minimum absolute atomic E-state index is 0.0754. The number of nitrogens with zero attached hydrogens (tertiary/aromatic N) is 3. The summed E-state index contributed by atoms with van der Waals surface area (Å²) in [6.45, 7) is 0.0782. The molecule has 0 aliphatic heterocycles. The fourth-order valence-electron chi connectivity index (χ4n) is 2.77. The van der Waals surface area contributed by atoms with Crippen LogP contribution in [0.1, 0.15) is 16.3 Å². The largest absolute Gasteiger partial charge is 0.343 e. The number of amides is 1. The van der Waals surface area contributed by atoms with Crippen LogP contribution in [0.25, 0.3) is 22.6 Å². The fourth-order valence-corrected chi connectivity index (χ4v) is 2.77. The molecule has 1 amide bonds. The van der Waals surface area contributed by atoms with Gasteiger partial charge in [-0.25, -0.2) is 14.4 Å². The second kappa shape index (κ2) is 7.85. The Bertz CT molecular complexity index is 1200. The lowest BCUT2D eigenvalue weighted by molar-refractivity contribution is 0.0944. The molecule has 0 spiro atoms. The van der Waals surface area contributed by atoms with Gasteiger partial charge < -0.3 is 15.3 Å². The summed E-state index contributed by atoms with van der Waals surface area (Å²) in [5.74, 6) is -0.386. The first-order chi connectivity index (χ1) is 14.1. The van der Waals surface area contributed by atoms with E-state index in [0.29, 0.717) is 28.5 Å². The molecule has 144 valence electrons. The highest BCUT2D eigenvalue weighted by Crippen LogP contribution is 2.29. The maximum Gasteiger partial charge on any atom is 0.271 e. The predicted octanol–water partition coefficient (Wildman–Crippen LogP) is 2.29. The summed E-state index contributed by atoms with van der Waals surface area (Å²) in [4.78, 5) is 41.4. The van der Waals surface area contributed by atoms with Crippen LogP contribution in [0.15, 0.2) is 65.8 Å². The summed E-state index contributed by atoms with van der Waals surface area (Å²) in [6, 6.07) is 11.5. The first-order valence-corrected chi connectivity index (χ1v) is 8.69. The molecule has 3 N–H and O–H groups in total. The van der Waals surface area contributed by atoms with Gasteiger partial charge in [0, 0.05) is 18.0 Å². The van der Waals surface area contributed by atoms with E-state index < -0.39 is 11.5 Å². The number of H-pyrrole nitrogens is 2. The van der Waals surface area contributed by atoms with Gasteiger partial charge in [0.05, 0.1) is 29.8 Å². The molecule has 0 atom stereocenters. The third kappa shape index (κ3) is 4.08. The molecule has 3 heterocycles. The molecule has 4 aromatic rings. The Kier molecular flexibility index (Phi) is 4.93. The van der Waals surface area contributed by atoms with Crippen LogP contribution in [0.5, 0.6) is 0 Å². The summed E-state index contributed by atoms with van der Waals surface area (Å²) < 4.78 is 13.7. The quantitative estimate of drug-likeness (QED) is 0.483. The molecular formula is C20H15FN6O2. The van der Waals surface area contributed by atoms with Crippen molar-refractivity contribution in [3.63, 3.8) is 0 Å². The number of carbonyl (C=O) groups excluding carboxylic acids is 1. The highest BCUT2D eigenvalue weighted by molar-refractivity contribution is 5.91. The average Bonchev–Trinajstić information content (AvgIpc) is 3.18. The van der Waals surface area contributed by atoms with Crippen molar-refractivity contribution < 1.29 is 9.18 Å². The monoisotopic (exact) mass is 390 g/mol. The van der Waals surface area contributed by atoms with Crippen LogP contribution < -0.4 is 10.9 Å². The number of hydrogen-bond acceptors (Lipinski definition) is 5. The van der Waals surface area contributed by atoms with Gasteiger partial charge in [-0.05, 0) is 24.3 Å². The molecule has 9 heteroatoms. The smallest absolute Gasteiger partial charge is 0.271 e. The van der Waals surface area contributed by atoms with E-state index in [1.54, 1.807) is 24.4 Å². The third-order valence-corrected chi connectivity index (χ3v) is 4.09. The van der Waals surface area contributed by atoms with E-state index in [9.17, 15) is 14.0 Å². The lowest BCUT2D eigenvalue weighted by Crippen LogP contribution is -2.25. The molecule has 0 bridgehead atoms. The molecule has 0 aliphatic carbocycles. The molecule has 0 aliphatic rings. The Balaban J connectivity index is 1.63. The zero-order valence-electron chi connectivity index (χ0n) is 15.0. The molecule has 3 aromatic heterocycles. The molecule has 1 aromatic carbocycles. The number of halogens is 1. The number of aromatic nitrogens is 5. The number of imidazole rings is 1. The van der Waals surface area contributed by atoms with Gasteiger partial charge in [0.15, 0.2) is 0 Å². The van der Waals surface area contributed by atoms with Crippen LogP contribution in [0.4, 0.5) is 4.39 Å². The van der Waals surface area contributed by atoms with Crippen molar-refractivity contribution in [2.45, 2.75) is 6.54 Å². The van der Waals surface area contributed by atoms with Gasteiger partial charge in [-0.1, -0.05) is 18.2 Å². The summed E-state index contributed by atoms with van der Waals surface area (Å²) >= 11 is 0. The van der Waals surface area contributed by atoms with Crippen LogP contribution in [-0.2, 0) is 6.54 Å². The second-order valence-electron chi connectivity index (χ2n) is 6.11. The van der Waals surface area contributed by atoms with Crippen molar-refractivity contribution in [2.24, 2.45) is 0 Å². The highest BCUT2D eigenvalue weighted by atomic mass is 19.1. The van der Waals surface area contributed by atoms with Crippen molar-refractivity contribution in [1.82, 2.24) is 30.2 Å². The molecule has 4 rings (SSSR count). The number of hydrogen-bond donors (Lipinski definition) is 3. The maximum absolute atomic E-state index is 13.7.